The normalized spacial score (nSPS) is 12.8. The Morgan fingerprint density at radius 3 is 2.39 bits per heavy atom. The zero-order chi connectivity index (χ0) is 26.7. The summed E-state index contributed by atoms with van der Waals surface area (Å²) in [5.74, 6) is 0. The molecule has 0 spiro atoms. The van der Waals surface area contributed by atoms with Gasteiger partial charge in [-0.05, 0) is 64.9 Å². The van der Waals surface area contributed by atoms with Gasteiger partial charge in [-0.2, -0.15) is 0 Å². The monoisotopic (exact) mass is 523 g/mol. The third kappa shape index (κ3) is 2.68. The molecule has 5 nitrogen and oxygen atoms in total. The predicted molar refractivity (Wildman–Crippen MR) is 166 cm³/mol. The number of fused-ring (bicyclic) bond motifs is 15. The first-order chi connectivity index (χ1) is 20.3. The van der Waals surface area contributed by atoms with E-state index in [4.69, 9.17) is 4.98 Å². The van der Waals surface area contributed by atoms with E-state index < -0.39 is 0 Å². The van der Waals surface area contributed by atoms with Crippen LogP contribution in [0.25, 0.3) is 77.0 Å². The number of rotatable bonds is 1. The first kappa shape index (κ1) is 21.3. The van der Waals surface area contributed by atoms with Crippen molar-refractivity contribution in [2.24, 2.45) is 0 Å². The van der Waals surface area contributed by atoms with Crippen LogP contribution in [-0.4, -0.2) is 23.9 Å². The van der Waals surface area contributed by atoms with Gasteiger partial charge in [-0.1, -0.05) is 54.6 Å². The van der Waals surface area contributed by atoms with Gasteiger partial charge in [0.25, 0.3) is 0 Å². The molecular formula is C36H21N5. The minimum absolute atomic E-state index is 0.881. The molecule has 0 amide bonds. The highest BCUT2D eigenvalue weighted by molar-refractivity contribution is 6.23. The SMILES string of the molecule is c1ccc(-n2c3cc4c5ccncc5n5c6ccncc6nc5c4cc3c3ccc4c(c32)-c2ccccc2C4)cc1. The molecule has 41 heavy (non-hydrogen) atoms. The fourth-order valence-corrected chi connectivity index (χ4v) is 7.17. The van der Waals surface area contributed by atoms with Crippen LogP contribution in [0.5, 0.6) is 0 Å². The van der Waals surface area contributed by atoms with Crippen LogP contribution in [0.2, 0.25) is 0 Å². The smallest absolute Gasteiger partial charge is 0.146 e. The van der Waals surface area contributed by atoms with E-state index in [9.17, 15) is 0 Å². The van der Waals surface area contributed by atoms with Crippen LogP contribution < -0.4 is 0 Å². The van der Waals surface area contributed by atoms with Crippen LogP contribution >= 0.6 is 0 Å². The van der Waals surface area contributed by atoms with Gasteiger partial charge in [-0.25, -0.2) is 4.98 Å². The zero-order valence-corrected chi connectivity index (χ0v) is 21.9. The third-order valence-corrected chi connectivity index (χ3v) is 8.87. The Hall–Kier alpha value is -5.55. The van der Waals surface area contributed by atoms with E-state index in [1.54, 1.807) is 0 Å². The van der Waals surface area contributed by atoms with Crippen molar-refractivity contribution in [2.45, 2.75) is 6.42 Å². The van der Waals surface area contributed by atoms with E-state index in [2.05, 4.69) is 104 Å². The first-order valence-corrected chi connectivity index (χ1v) is 13.9. The quantitative estimate of drug-likeness (QED) is 0.204. The molecule has 0 fully saturated rings. The maximum Gasteiger partial charge on any atom is 0.146 e. The first-order valence-electron chi connectivity index (χ1n) is 13.9. The Kier molecular flexibility index (Phi) is 3.92. The summed E-state index contributed by atoms with van der Waals surface area (Å²) < 4.78 is 4.70. The number of hydrogen-bond acceptors (Lipinski definition) is 3. The Morgan fingerprint density at radius 1 is 0.585 bits per heavy atom. The molecule has 0 aliphatic heterocycles. The Labute approximate surface area is 234 Å². The van der Waals surface area contributed by atoms with Crippen molar-refractivity contribution < 1.29 is 0 Å². The molecule has 4 aromatic carbocycles. The number of benzene rings is 4. The standard InChI is InChI=1S/C36H21N5/c1-2-7-23(8-3-1)40-32-18-27-25-12-14-38-20-33(25)41-31-13-15-37-19-30(31)39-36(41)29(27)17-28(32)26-11-10-22-16-21-6-4-5-9-24(21)34(22)35(26)40/h1-15,17-20H,16H2. The molecule has 0 radical (unpaired) electrons. The number of hydrogen-bond donors (Lipinski definition) is 0. The van der Waals surface area contributed by atoms with Gasteiger partial charge < -0.3 is 4.57 Å². The van der Waals surface area contributed by atoms with Crippen LogP contribution in [0.1, 0.15) is 11.1 Å². The molecule has 0 N–H and O–H groups in total. The summed E-state index contributed by atoms with van der Waals surface area (Å²) in [7, 11) is 0. The van der Waals surface area contributed by atoms with Gasteiger partial charge in [0.2, 0.25) is 0 Å². The summed E-state index contributed by atoms with van der Waals surface area (Å²) in [5, 5.41) is 5.93. The number of aromatic nitrogens is 5. The second-order valence-corrected chi connectivity index (χ2v) is 10.9. The molecule has 10 rings (SSSR count). The highest BCUT2D eigenvalue weighted by Crippen LogP contribution is 2.46. The molecule has 5 heterocycles. The van der Waals surface area contributed by atoms with E-state index in [1.807, 2.05) is 30.9 Å². The molecule has 0 unspecified atom stereocenters. The second-order valence-electron chi connectivity index (χ2n) is 10.9. The molecule has 5 aromatic heterocycles. The average Bonchev–Trinajstić information content (AvgIpc) is 3.70. The van der Waals surface area contributed by atoms with E-state index in [0.29, 0.717) is 0 Å². The third-order valence-electron chi connectivity index (χ3n) is 8.87. The highest BCUT2D eigenvalue weighted by atomic mass is 15.0. The van der Waals surface area contributed by atoms with Crippen LogP contribution in [0.15, 0.2) is 116 Å². The number of para-hydroxylation sites is 1. The fourth-order valence-electron chi connectivity index (χ4n) is 7.17. The lowest BCUT2D eigenvalue weighted by atomic mass is 10.0. The summed E-state index contributed by atoms with van der Waals surface area (Å²) in [5.41, 5.74) is 13.0. The molecular weight excluding hydrogens is 502 g/mol. The summed E-state index contributed by atoms with van der Waals surface area (Å²) in [6.07, 6.45) is 8.47. The molecule has 5 heteroatoms. The topological polar surface area (TPSA) is 48.0 Å². The lowest BCUT2D eigenvalue weighted by Crippen LogP contribution is -1.96. The molecule has 0 atom stereocenters. The van der Waals surface area contributed by atoms with Gasteiger partial charge in [0.05, 0.1) is 34.5 Å². The van der Waals surface area contributed by atoms with Gasteiger partial charge in [-0.15, -0.1) is 0 Å². The summed E-state index contributed by atoms with van der Waals surface area (Å²) >= 11 is 0. The Balaban J connectivity index is 1.47. The van der Waals surface area contributed by atoms with Gasteiger partial charge >= 0.3 is 0 Å². The average molecular weight is 524 g/mol. The number of nitrogens with zero attached hydrogens (tertiary/aromatic N) is 5. The van der Waals surface area contributed by atoms with Gasteiger partial charge in [0, 0.05) is 45.2 Å². The van der Waals surface area contributed by atoms with Crippen LogP contribution in [-0.2, 0) is 6.42 Å². The summed E-state index contributed by atoms with van der Waals surface area (Å²) in [4.78, 5) is 14.0. The van der Waals surface area contributed by atoms with Crippen molar-refractivity contribution in [3.63, 3.8) is 0 Å². The predicted octanol–water partition coefficient (Wildman–Crippen LogP) is 8.25. The minimum atomic E-state index is 0.881. The second kappa shape index (κ2) is 7.55. The molecule has 0 bridgehead atoms. The minimum Gasteiger partial charge on any atom is -0.309 e. The fraction of sp³-hybridized carbons (Fsp3) is 0.0278. The molecule has 1 aliphatic rings. The molecule has 1 aliphatic carbocycles. The zero-order valence-electron chi connectivity index (χ0n) is 21.9. The Morgan fingerprint density at radius 2 is 1.44 bits per heavy atom. The van der Waals surface area contributed by atoms with E-state index in [0.717, 1.165) is 45.1 Å². The van der Waals surface area contributed by atoms with E-state index in [1.165, 1.54) is 49.4 Å². The largest absolute Gasteiger partial charge is 0.309 e. The number of pyridine rings is 3. The van der Waals surface area contributed by atoms with Crippen LogP contribution in [0.3, 0.4) is 0 Å². The summed E-state index contributed by atoms with van der Waals surface area (Å²) in [6.45, 7) is 0. The Bertz CT molecular complexity index is 2550. The molecule has 0 saturated carbocycles. The maximum absolute atomic E-state index is 5.10. The maximum atomic E-state index is 5.10. The summed E-state index contributed by atoms with van der Waals surface area (Å²) in [6, 6.07) is 33.1. The molecule has 190 valence electrons. The molecule has 0 saturated heterocycles. The van der Waals surface area contributed by atoms with Crippen molar-refractivity contribution in [1.29, 1.82) is 0 Å². The van der Waals surface area contributed by atoms with Crippen LogP contribution in [0.4, 0.5) is 0 Å². The molecule has 9 aromatic rings. The van der Waals surface area contributed by atoms with Gasteiger partial charge in [0.1, 0.15) is 11.2 Å². The van der Waals surface area contributed by atoms with Crippen molar-refractivity contribution >= 4 is 60.2 Å². The van der Waals surface area contributed by atoms with E-state index in [-0.39, 0.29) is 0 Å². The number of imidazole rings is 1. The van der Waals surface area contributed by atoms with Gasteiger partial charge in [-0.3, -0.25) is 14.4 Å². The van der Waals surface area contributed by atoms with Crippen molar-refractivity contribution in [3.05, 3.63) is 127 Å². The van der Waals surface area contributed by atoms with Crippen molar-refractivity contribution in [3.8, 4) is 16.8 Å². The highest BCUT2D eigenvalue weighted by Gasteiger charge is 2.26. The van der Waals surface area contributed by atoms with Crippen molar-refractivity contribution in [1.82, 2.24) is 23.9 Å². The lowest BCUT2D eigenvalue weighted by molar-refractivity contribution is 1.18. The van der Waals surface area contributed by atoms with Gasteiger partial charge in [0.15, 0.2) is 0 Å². The van der Waals surface area contributed by atoms with Crippen LogP contribution in [0, 0.1) is 0 Å². The van der Waals surface area contributed by atoms with E-state index >= 15 is 0 Å². The lowest BCUT2D eigenvalue weighted by Gasteiger charge is -2.12. The van der Waals surface area contributed by atoms with Crippen molar-refractivity contribution in [2.75, 3.05) is 0 Å².